The van der Waals surface area contributed by atoms with E-state index >= 15 is 0 Å². The smallest absolute Gasteiger partial charge is 0.435 e. The van der Waals surface area contributed by atoms with Gasteiger partial charge < -0.3 is 14.3 Å². The van der Waals surface area contributed by atoms with E-state index in [1.54, 1.807) is 30.9 Å². The number of aromatic nitrogens is 5. The molecule has 4 aromatic heterocycles. The number of aliphatic hydroxyl groups excluding tert-OH is 1. The first-order chi connectivity index (χ1) is 17.9. The first-order valence-electron chi connectivity index (χ1n) is 12.0. The maximum Gasteiger partial charge on any atom is 0.435 e. The predicted octanol–water partition coefficient (Wildman–Crippen LogP) is 5.51. The third kappa shape index (κ3) is 4.99. The zero-order chi connectivity index (χ0) is 26.0. The zero-order valence-corrected chi connectivity index (χ0v) is 20.9. The van der Waals surface area contributed by atoms with Crippen molar-refractivity contribution in [3.05, 3.63) is 71.9 Å². The number of furan rings is 1. The minimum absolute atomic E-state index is 0.0221. The van der Waals surface area contributed by atoms with Crippen LogP contribution in [-0.4, -0.2) is 48.1 Å². The lowest BCUT2D eigenvalue weighted by Crippen LogP contribution is -2.27. The van der Waals surface area contributed by atoms with Gasteiger partial charge in [-0.25, -0.2) is 14.8 Å². The van der Waals surface area contributed by atoms with Gasteiger partial charge in [-0.15, -0.1) is 0 Å². The first-order valence-corrected chi connectivity index (χ1v) is 12.0. The summed E-state index contributed by atoms with van der Waals surface area (Å²) in [5.41, 5.74) is 3.00. The molecule has 0 bridgehead atoms. The fourth-order valence-electron chi connectivity index (χ4n) is 4.17. The van der Waals surface area contributed by atoms with E-state index in [1.807, 2.05) is 57.2 Å². The van der Waals surface area contributed by atoms with Gasteiger partial charge in [-0.05, 0) is 63.5 Å². The lowest BCUT2D eigenvalue weighted by atomic mass is 10.0. The first kappa shape index (κ1) is 24.3. The Kier molecular flexibility index (Phi) is 6.54. The molecular formula is C28H27N5O4. The van der Waals surface area contributed by atoms with E-state index in [9.17, 15) is 9.90 Å². The van der Waals surface area contributed by atoms with E-state index in [0.717, 1.165) is 21.9 Å². The molecule has 37 heavy (non-hydrogen) atoms. The van der Waals surface area contributed by atoms with Gasteiger partial charge in [0.2, 0.25) is 0 Å². The van der Waals surface area contributed by atoms with Crippen molar-refractivity contribution in [2.45, 2.75) is 39.2 Å². The number of aryl methyl sites for hydroxylation is 1. The average molecular weight is 498 g/mol. The molecular weight excluding hydrogens is 470 g/mol. The van der Waals surface area contributed by atoms with Gasteiger partial charge in [-0.2, -0.15) is 9.78 Å². The second kappa shape index (κ2) is 9.94. The quantitative estimate of drug-likeness (QED) is 0.326. The van der Waals surface area contributed by atoms with Crippen LogP contribution in [0.25, 0.3) is 45.6 Å². The molecule has 1 N–H and O–H groups in total. The number of fused-ring (bicyclic) bond motifs is 2. The Hall–Kier alpha value is -4.37. The molecule has 1 aromatic carbocycles. The van der Waals surface area contributed by atoms with Crippen LogP contribution >= 0.6 is 0 Å². The summed E-state index contributed by atoms with van der Waals surface area (Å²) in [7, 11) is 0. The highest BCUT2D eigenvalue weighted by Gasteiger charge is 2.23. The summed E-state index contributed by atoms with van der Waals surface area (Å²) in [5, 5.41) is 15.7. The zero-order valence-electron chi connectivity index (χ0n) is 20.9. The fourth-order valence-corrected chi connectivity index (χ4v) is 4.17. The average Bonchev–Trinajstić information content (AvgIpc) is 3.45. The van der Waals surface area contributed by atoms with Crippen LogP contribution < -0.4 is 0 Å². The maximum absolute atomic E-state index is 12.9. The number of pyridine rings is 1. The van der Waals surface area contributed by atoms with Crippen molar-refractivity contribution in [3.8, 4) is 11.6 Å². The van der Waals surface area contributed by atoms with Crippen molar-refractivity contribution in [3.63, 3.8) is 0 Å². The normalized spacial score (nSPS) is 12.1. The molecule has 9 nitrogen and oxygen atoms in total. The number of benzene rings is 1. The van der Waals surface area contributed by atoms with Crippen molar-refractivity contribution in [2.24, 2.45) is 0 Å². The number of hydrogen-bond acceptors (Lipinski definition) is 8. The van der Waals surface area contributed by atoms with E-state index < -0.39 is 11.7 Å². The fraction of sp³-hybridized carbons (Fsp3) is 0.250. The van der Waals surface area contributed by atoms with Gasteiger partial charge >= 0.3 is 6.09 Å². The number of carbonyl (C=O) groups excluding carboxylic acids is 1. The van der Waals surface area contributed by atoms with Crippen molar-refractivity contribution in [2.75, 3.05) is 6.61 Å². The van der Waals surface area contributed by atoms with Crippen molar-refractivity contribution >= 4 is 40.1 Å². The molecule has 0 saturated carbocycles. The van der Waals surface area contributed by atoms with Crippen LogP contribution in [0, 0.1) is 0 Å². The summed E-state index contributed by atoms with van der Waals surface area (Å²) in [4.78, 5) is 25.8. The summed E-state index contributed by atoms with van der Waals surface area (Å²) in [6.07, 6.45) is 11.1. The maximum atomic E-state index is 12.9. The molecule has 0 amide bonds. The Morgan fingerprint density at radius 1 is 1.11 bits per heavy atom. The molecule has 0 aliphatic heterocycles. The van der Waals surface area contributed by atoms with Gasteiger partial charge in [0, 0.05) is 41.5 Å². The number of carbonyl (C=O) groups is 1. The third-order valence-electron chi connectivity index (χ3n) is 5.68. The largest absolute Gasteiger partial charge is 0.450 e. The van der Waals surface area contributed by atoms with Crippen LogP contribution in [0.3, 0.4) is 0 Å². The van der Waals surface area contributed by atoms with Gasteiger partial charge in [-0.1, -0.05) is 18.2 Å². The molecule has 0 unspecified atom stereocenters. The monoisotopic (exact) mass is 497 g/mol. The molecule has 9 heteroatoms. The Labute approximate surface area is 213 Å². The molecule has 0 saturated heterocycles. The Morgan fingerprint density at radius 2 is 1.92 bits per heavy atom. The number of aliphatic hydroxyl groups is 1. The number of ether oxygens (including phenoxy) is 1. The molecule has 5 aromatic rings. The molecule has 0 aliphatic carbocycles. The predicted molar refractivity (Wildman–Crippen MR) is 141 cm³/mol. The highest BCUT2D eigenvalue weighted by Crippen LogP contribution is 2.34. The molecule has 0 radical (unpaired) electrons. The van der Waals surface area contributed by atoms with Crippen molar-refractivity contribution in [1.29, 1.82) is 0 Å². The van der Waals surface area contributed by atoms with E-state index in [1.165, 1.54) is 4.68 Å². The number of nitrogens with zero attached hydrogens (tertiary/aromatic N) is 5. The highest BCUT2D eigenvalue weighted by atomic mass is 16.6. The second-order valence-corrected chi connectivity index (χ2v) is 9.53. The summed E-state index contributed by atoms with van der Waals surface area (Å²) < 4.78 is 13.0. The molecule has 5 rings (SSSR count). The van der Waals surface area contributed by atoms with Crippen LogP contribution in [0.15, 0.2) is 59.5 Å². The number of hydrogen-bond donors (Lipinski definition) is 1. The van der Waals surface area contributed by atoms with Crippen LogP contribution in [0.2, 0.25) is 0 Å². The summed E-state index contributed by atoms with van der Waals surface area (Å²) in [5.74, 6) is 1.01. The molecule has 4 heterocycles. The Balaban J connectivity index is 1.64. The van der Waals surface area contributed by atoms with Crippen molar-refractivity contribution < 1.29 is 19.1 Å². The molecule has 0 spiro atoms. The van der Waals surface area contributed by atoms with E-state index in [4.69, 9.17) is 9.15 Å². The second-order valence-electron chi connectivity index (χ2n) is 9.53. The van der Waals surface area contributed by atoms with E-state index in [2.05, 4.69) is 20.1 Å². The van der Waals surface area contributed by atoms with Crippen LogP contribution in [0.5, 0.6) is 0 Å². The molecule has 0 fully saturated rings. The molecule has 188 valence electrons. The summed E-state index contributed by atoms with van der Waals surface area (Å²) in [6, 6.07) is 9.32. The van der Waals surface area contributed by atoms with E-state index in [0.29, 0.717) is 41.2 Å². The van der Waals surface area contributed by atoms with E-state index in [-0.39, 0.29) is 6.61 Å². The molecule has 0 atom stereocenters. The van der Waals surface area contributed by atoms with Crippen LogP contribution in [-0.2, 0) is 11.2 Å². The van der Waals surface area contributed by atoms with Gasteiger partial charge in [0.1, 0.15) is 5.60 Å². The van der Waals surface area contributed by atoms with Crippen molar-refractivity contribution in [1.82, 2.24) is 24.7 Å². The van der Waals surface area contributed by atoms with Gasteiger partial charge in [0.05, 0.1) is 17.4 Å². The SMILES string of the molecule is CC(C)(C)OC(=O)n1nc(CCCO)c2c(/C=C\c3c(-c4ncccn4)oc4cnccc34)cccc21. The minimum atomic E-state index is -0.661. The van der Waals surface area contributed by atoms with Crippen LogP contribution in [0.1, 0.15) is 44.0 Å². The molecule has 0 aliphatic rings. The highest BCUT2D eigenvalue weighted by molar-refractivity contribution is 6.00. The minimum Gasteiger partial charge on any atom is -0.450 e. The van der Waals surface area contributed by atoms with Gasteiger partial charge in [0.25, 0.3) is 0 Å². The van der Waals surface area contributed by atoms with Crippen LogP contribution in [0.4, 0.5) is 4.79 Å². The van der Waals surface area contributed by atoms with Gasteiger partial charge in [0.15, 0.2) is 17.2 Å². The lowest BCUT2D eigenvalue weighted by molar-refractivity contribution is 0.0522. The Morgan fingerprint density at radius 3 is 2.68 bits per heavy atom. The third-order valence-corrected chi connectivity index (χ3v) is 5.68. The number of rotatable bonds is 6. The Bertz CT molecular complexity index is 1600. The van der Waals surface area contributed by atoms with Gasteiger partial charge in [-0.3, -0.25) is 4.98 Å². The lowest BCUT2D eigenvalue weighted by Gasteiger charge is -2.19. The standard InChI is InChI=1S/C28H27N5O4/c1-28(2,3)37-27(35)33-22-9-4-7-18(24(22)21(32-33)8-5-16-34)10-11-20-19-12-15-29-17-23(19)36-25(20)26-30-13-6-14-31-26/h4,6-7,9-15,17,34H,5,8,16H2,1-3H3/b11-10-. The topological polar surface area (TPSA) is 116 Å². The summed E-state index contributed by atoms with van der Waals surface area (Å²) >= 11 is 0. The summed E-state index contributed by atoms with van der Waals surface area (Å²) in [6.45, 7) is 5.47.